The summed E-state index contributed by atoms with van der Waals surface area (Å²) in [7, 11) is 0. The second kappa shape index (κ2) is 4.65. The van der Waals surface area contributed by atoms with E-state index in [0.29, 0.717) is 5.82 Å². The second-order valence-electron chi connectivity index (χ2n) is 4.44. The van der Waals surface area contributed by atoms with E-state index in [2.05, 4.69) is 20.3 Å². The van der Waals surface area contributed by atoms with Gasteiger partial charge in [-0.15, -0.1) is 0 Å². The van der Waals surface area contributed by atoms with Crippen LogP contribution < -0.4 is 5.32 Å². The summed E-state index contributed by atoms with van der Waals surface area (Å²) in [6, 6.07) is 8.47. The number of aromatic amines is 1. The van der Waals surface area contributed by atoms with Crippen molar-refractivity contribution < 1.29 is 9.90 Å². The summed E-state index contributed by atoms with van der Waals surface area (Å²) in [4.78, 5) is 22.3. The highest BCUT2D eigenvalue weighted by Crippen LogP contribution is 2.23. The van der Waals surface area contributed by atoms with Gasteiger partial charge in [0.2, 0.25) is 0 Å². The highest BCUT2D eigenvalue weighted by molar-refractivity contribution is 5.90. The number of fused-ring (bicyclic) bond motifs is 1. The normalized spacial score (nSPS) is 10.7. The number of aromatic nitrogens is 3. The van der Waals surface area contributed by atoms with Crippen molar-refractivity contribution in [2.75, 3.05) is 5.32 Å². The molecule has 2 aromatic heterocycles. The first-order valence-corrected chi connectivity index (χ1v) is 6.04. The molecule has 0 aliphatic heterocycles. The Bertz CT molecular complexity index is 777. The summed E-state index contributed by atoms with van der Waals surface area (Å²) in [6.07, 6.45) is 1.48. The van der Waals surface area contributed by atoms with Gasteiger partial charge in [-0.1, -0.05) is 0 Å². The molecular formula is C14H12N4O2. The van der Waals surface area contributed by atoms with Crippen molar-refractivity contribution in [2.24, 2.45) is 0 Å². The maximum absolute atomic E-state index is 10.8. The van der Waals surface area contributed by atoms with E-state index in [1.54, 1.807) is 24.3 Å². The fraction of sp³-hybridized carbons (Fsp3) is 0.0714. The largest absolute Gasteiger partial charge is 0.478 e. The van der Waals surface area contributed by atoms with Crippen LogP contribution in [0.5, 0.6) is 0 Å². The lowest BCUT2D eigenvalue weighted by molar-refractivity contribution is 0.0697. The van der Waals surface area contributed by atoms with Gasteiger partial charge < -0.3 is 15.4 Å². The van der Waals surface area contributed by atoms with Crippen LogP contribution in [0.25, 0.3) is 11.0 Å². The van der Waals surface area contributed by atoms with E-state index in [9.17, 15) is 4.79 Å². The quantitative estimate of drug-likeness (QED) is 0.679. The first kappa shape index (κ1) is 12.2. The molecule has 20 heavy (non-hydrogen) atoms. The van der Waals surface area contributed by atoms with E-state index < -0.39 is 5.97 Å². The molecule has 3 aromatic rings. The van der Waals surface area contributed by atoms with Crippen LogP contribution in [0, 0.1) is 6.92 Å². The Labute approximate surface area is 114 Å². The third-order valence-corrected chi connectivity index (χ3v) is 2.95. The van der Waals surface area contributed by atoms with Crippen LogP contribution in [0.15, 0.2) is 36.7 Å². The molecule has 2 heterocycles. The maximum atomic E-state index is 10.8. The molecule has 1 aromatic carbocycles. The molecule has 0 radical (unpaired) electrons. The van der Waals surface area contributed by atoms with Gasteiger partial charge in [-0.2, -0.15) is 0 Å². The van der Waals surface area contributed by atoms with Gasteiger partial charge in [0.05, 0.1) is 10.9 Å². The molecule has 6 nitrogen and oxygen atoms in total. The second-order valence-corrected chi connectivity index (χ2v) is 4.44. The molecule has 0 atom stereocenters. The molecule has 0 aliphatic carbocycles. The Morgan fingerprint density at radius 1 is 1.25 bits per heavy atom. The average molecular weight is 268 g/mol. The molecule has 0 saturated heterocycles. The van der Waals surface area contributed by atoms with Gasteiger partial charge >= 0.3 is 5.97 Å². The Hall–Kier alpha value is -2.89. The number of hydrogen-bond acceptors (Lipinski definition) is 4. The Morgan fingerprint density at radius 3 is 2.70 bits per heavy atom. The summed E-state index contributed by atoms with van der Waals surface area (Å²) in [5.41, 5.74) is 2.79. The van der Waals surface area contributed by atoms with Crippen LogP contribution in [0.3, 0.4) is 0 Å². The number of hydrogen-bond donors (Lipinski definition) is 3. The summed E-state index contributed by atoms with van der Waals surface area (Å²) >= 11 is 0. The van der Waals surface area contributed by atoms with Gasteiger partial charge in [0.1, 0.15) is 17.8 Å². The molecule has 100 valence electrons. The van der Waals surface area contributed by atoms with Gasteiger partial charge in [0.25, 0.3) is 0 Å². The number of carboxylic acid groups (broad SMARTS) is 1. The zero-order chi connectivity index (χ0) is 14.1. The summed E-state index contributed by atoms with van der Waals surface area (Å²) in [6.45, 7) is 1.95. The third kappa shape index (κ3) is 2.18. The smallest absolute Gasteiger partial charge is 0.335 e. The molecule has 0 fully saturated rings. The van der Waals surface area contributed by atoms with Crippen molar-refractivity contribution in [1.82, 2.24) is 15.0 Å². The minimum atomic E-state index is -0.942. The minimum absolute atomic E-state index is 0.251. The molecule has 6 heteroatoms. The van der Waals surface area contributed by atoms with Gasteiger partial charge in [-0.25, -0.2) is 14.8 Å². The van der Waals surface area contributed by atoms with Crippen LogP contribution >= 0.6 is 0 Å². The predicted molar refractivity (Wildman–Crippen MR) is 75.3 cm³/mol. The van der Waals surface area contributed by atoms with E-state index in [4.69, 9.17) is 5.11 Å². The molecule has 0 bridgehead atoms. The van der Waals surface area contributed by atoms with Crippen molar-refractivity contribution in [3.05, 3.63) is 47.9 Å². The molecule has 0 aliphatic rings. The minimum Gasteiger partial charge on any atom is -0.478 e. The number of anilines is 2. The summed E-state index contributed by atoms with van der Waals surface area (Å²) in [5.74, 6) is -0.260. The molecule has 0 saturated carbocycles. The van der Waals surface area contributed by atoms with Gasteiger partial charge in [-0.05, 0) is 37.3 Å². The zero-order valence-electron chi connectivity index (χ0n) is 10.7. The van der Waals surface area contributed by atoms with E-state index >= 15 is 0 Å². The molecule has 3 rings (SSSR count). The number of nitrogens with one attached hydrogen (secondary N) is 2. The number of aromatic carboxylic acids is 1. The number of aryl methyl sites for hydroxylation is 1. The number of carbonyl (C=O) groups is 1. The van der Waals surface area contributed by atoms with Crippen molar-refractivity contribution in [3.8, 4) is 0 Å². The lowest BCUT2D eigenvalue weighted by atomic mass is 10.2. The third-order valence-electron chi connectivity index (χ3n) is 2.95. The SMILES string of the molecule is Cc1cc2c(Nc3ccc(C(=O)O)cc3)ncnc2[nH]1. The summed E-state index contributed by atoms with van der Waals surface area (Å²) in [5, 5.41) is 12.9. The van der Waals surface area contributed by atoms with Crippen LogP contribution in [0.1, 0.15) is 16.1 Å². The first-order chi connectivity index (χ1) is 9.63. The van der Waals surface area contributed by atoms with E-state index in [1.165, 1.54) is 6.33 Å². The number of benzene rings is 1. The Balaban J connectivity index is 1.94. The maximum Gasteiger partial charge on any atom is 0.335 e. The van der Waals surface area contributed by atoms with E-state index in [-0.39, 0.29) is 5.56 Å². The van der Waals surface area contributed by atoms with Gasteiger partial charge in [0.15, 0.2) is 0 Å². The molecule has 3 N–H and O–H groups in total. The van der Waals surface area contributed by atoms with Crippen LogP contribution in [-0.4, -0.2) is 26.0 Å². The fourth-order valence-corrected chi connectivity index (χ4v) is 2.00. The van der Waals surface area contributed by atoms with Crippen molar-refractivity contribution in [1.29, 1.82) is 0 Å². The number of H-pyrrole nitrogens is 1. The first-order valence-electron chi connectivity index (χ1n) is 6.04. The topological polar surface area (TPSA) is 90.9 Å². The molecule has 0 spiro atoms. The predicted octanol–water partition coefficient (Wildman–Crippen LogP) is 2.71. The lowest BCUT2D eigenvalue weighted by Gasteiger charge is -2.06. The van der Waals surface area contributed by atoms with Crippen molar-refractivity contribution >= 4 is 28.5 Å². The highest BCUT2D eigenvalue weighted by Gasteiger charge is 2.07. The molecular weight excluding hydrogens is 256 g/mol. The van der Waals surface area contributed by atoms with Crippen LogP contribution in [0.4, 0.5) is 11.5 Å². The van der Waals surface area contributed by atoms with E-state index in [0.717, 1.165) is 22.4 Å². The van der Waals surface area contributed by atoms with Crippen LogP contribution in [-0.2, 0) is 0 Å². The average Bonchev–Trinajstić information content (AvgIpc) is 2.81. The standard InChI is InChI=1S/C14H12N4O2/c1-8-6-11-12(17-8)15-7-16-13(11)18-10-4-2-9(3-5-10)14(19)20/h2-7H,1H3,(H,19,20)(H2,15,16,17,18). The monoisotopic (exact) mass is 268 g/mol. The van der Waals surface area contributed by atoms with E-state index in [1.807, 2.05) is 13.0 Å². The molecule has 0 unspecified atom stereocenters. The van der Waals surface area contributed by atoms with Crippen molar-refractivity contribution in [2.45, 2.75) is 6.92 Å². The van der Waals surface area contributed by atoms with Gasteiger partial charge in [0, 0.05) is 11.4 Å². The van der Waals surface area contributed by atoms with Crippen molar-refractivity contribution in [3.63, 3.8) is 0 Å². The lowest BCUT2D eigenvalue weighted by Crippen LogP contribution is -1.98. The summed E-state index contributed by atoms with van der Waals surface area (Å²) < 4.78 is 0. The number of nitrogens with zero attached hydrogens (tertiary/aromatic N) is 2. The fourth-order valence-electron chi connectivity index (χ4n) is 2.00. The Morgan fingerprint density at radius 2 is 2.00 bits per heavy atom. The zero-order valence-corrected chi connectivity index (χ0v) is 10.7. The highest BCUT2D eigenvalue weighted by atomic mass is 16.4. The Kier molecular flexibility index (Phi) is 2.83. The number of rotatable bonds is 3. The number of carboxylic acids is 1. The molecule has 0 amide bonds. The van der Waals surface area contributed by atoms with Gasteiger partial charge in [-0.3, -0.25) is 0 Å². The van der Waals surface area contributed by atoms with Crippen LogP contribution in [0.2, 0.25) is 0 Å².